The van der Waals surface area contributed by atoms with Crippen molar-refractivity contribution in [3.63, 3.8) is 0 Å². The van der Waals surface area contributed by atoms with Crippen molar-refractivity contribution >= 4 is 17.5 Å². The van der Waals surface area contributed by atoms with Gasteiger partial charge in [-0.25, -0.2) is 4.68 Å². The van der Waals surface area contributed by atoms with Gasteiger partial charge in [-0.2, -0.15) is 0 Å². The third kappa shape index (κ3) is 5.07. The Morgan fingerprint density at radius 3 is 2.55 bits per heavy atom. The third-order valence-corrected chi connectivity index (χ3v) is 4.64. The lowest BCUT2D eigenvalue weighted by molar-refractivity contribution is -0.385. The quantitative estimate of drug-likeness (QED) is 0.171. The highest BCUT2D eigenvalue weighted by Gasteiger charge is 2.16. The molecule has 0 saturated carbocycles. The molecule has 33 heavy (non-hydrogen) atoms. The molecule has 0 atom stereocenters. The molecular weight excluding hydrogens is 426 g/mol. The molecule has 0 radical (unpaired) electrons. The number of nitro benzene ring substituents is 1. The van der Waals surface area contributed by atoms with Crippen LogP contribution < -0.4 is 9.47 Å². The standard InChI is InChI=1S/C23H17N5O5/c1-32-19-7-9-20(10-8-19)33-23-12-6-16(13-21(23)28(30)31)5-11-22(29)17-3-2-4-18(14-17)27-15-24-25-26-27/h2-15H,1H3/b11-5+. The molecule has 0 aliphatic carbocycles. The van der Waals surface area contributed by atoms with Gasteiger partial charge in [0.15, 0.2) is 5.78 Å². The summed E-state index contributed by atoms with van der Waals surface area (Å²) in [5.74, 6) is 0.888. The molecule has 10 nitrogen and oxygen atoms in total. The number of carbonyl (C=O) groups excluding carboxylic acids is 1. The van der Waals surface area contributed by atoms with Crippen molar-refractivity contribution in [3.8, 4) is 22.9 Å². The first-order valence-corrected chi connectivity index (χ1v) is 9.69. The first kappa shape index (κ1) is 21.4. The molecule has 0 bridgehead atoms. The SMILES string of the molecule is COc1ccc(Oc2ccc(/C=C/C(=O)c3cccc(-n4cnnn4)c3)cc2[N+](=O)[O-])cc1. The summed E-state index contributed by atoms with van der Waals surface area (Å²) in [6.45, 7) is 0. The van der Waals surface area contributed by atoms with Crippen LogP contribution >= 0.6 is 0 Å². The maximum absolute atomic E-state index is 12.6. The number of allylic oxidation sites excluding steroid dienone is 1. The maximum Gasteiger partial charge on any atom is 0.312 e. The molecule has 4 aromatic rings. The van der Waals surface area contributed by atoms with Crippen LogP contribution in [-0.2, 0) is 0 Å². The van der Waals surface area contributed by atoms with Crippen LogP contribution in [-0.4, -0.2) is 38.0 Å². The largest absolute Gasteiger partial charge is 0.497 e. The third-order valence-electron chi connectivity index (χ3n) is 4.64. The zero-order valence-corrected chi connectivity index (χ0v) is 17.4. The predicted molar refractivity (Wildman–Crippen MR) is 119 cm³/mol. The molecule has 0 spiro atoms. The Kier molecular flexibility index (Phi) is 6.17. The Labute approximate surface area is 187 Å². The van der Waals surface area contributed by atoms with Crippen LogP contribution in [0.5, 0.6) is 17.2 Å². The molecule has 0 fully saturated rings. The summed E-state index contributed by atoms with van der Waals surface area (Å²) in [6.07, 6.45) is 4.28. The van der Waals surface area contributed by atoms with E-state index in [2.05, 4.69) is 15.5 Å². The van der Waals surface area contributed by atoms with E-state index in [4.69, 9.17) is 9.47 Å². The summed E-state index contributed by atoms with van der Waals surface area (Å²) in [4.78, 5) is 23.6. The van der Waals surface area contributed by atoms with Crippen molar-refractivity contribution in [1.29, 1.82) is 0 Å². The van der Waals surface area contributed by atoms with E-state index in [1.165, 1.54) is 35.3 Å². The lowest BCUT2D eigenvalue weighted by atomic mass is 10.1. The number of hydrogen-bond acceptors (Lipinski definition) is 8. The number of nitrogens with zero attached hydrogens (tertiary/aromatic N) is 5. The molecule has 0 aliphatic heterocycles. The highest BCUT2D eigenvalue weighted by Crippen LogP contribution is 2.33. The average Bonchev–Trinajstić information content (AvgIpc) is 3.39. The molecule has 10 heteroatoms. The summed E-state index contributed by atoms with van der Waals surface area (Å²) in [7, 11) is 1.54. The number of methoxy groups -OCH3 is 1. The number of rotatable bonds is 8. The summed E-state index contributed by atoms with van der Waals surface area (Å²) >= 11 is 0. The number of tetrazole rings is 1. The Balaban J connectivity index is 1.53. The van der Waals surface area contributed by atoms with E-state index < -0.39 is 4.92 Å². The smallest absolute Gasteiger partial charge is 0.312 e. The second-order valence-corrected chi connectivity index (χ2v) is 6.76. The highest BCUT2D eigenvalue weighted by atomic mass is 16.6. The van der Waals surface area contributed by atoms with E-state index in [9.17, 15) is 14.9 Å². The van der Waals surface area contributed by atoms with Crippen molar-refractivity contribution < 1.29 is 19.2 Å². The fourth-order valence-electron chi connectivity index (χ4n) is 2.99. The number of carbonyl (C=O) groups is 1. The normalized spacial score (nSPS) is 10.8. The fourth-order valence-corrected chi connectivity index (χ4v) is 2.99. The van der Waals surface area contributed by atoms with Crippen LogP contribution in [0, 0.1) is 10.1 Å². The van der Waals surface area contributed by atoms with E-state index in [0.717, 1.165) is 0 Å². The molecule has 1 heterocycles. The fraction of sp³-hybridized carbons (Fsp3) is 0.0435. The van der Waals surface area contributed by atoms with Gasteiger partial charge in [-0.05, 0) is 64.5 Å². The maximum atomic E-state index is 12.6. The molecule has 1 aromatic heterocycles. The van der Waals surface area contributed by atoms with E-state index in [0.29, 0.717) is 28.3 Å². The molecular formula is C23H17N5O5. The minimum atomic E-state index is -0.534. The second-order valence-electron chi connectivity index (χ2n) is 6.76. The first-order chi connectivity index (χ1) is 16.0. The van der Waals surface area contributed by atoms with Gasteiger partial charge in [0.05, 0.1) is 17.7 Å². The Morgan fingerprint density at radius 1 is 1.06 bits per heavy atom. The van der Waals surface area contributed by atoms with Crippen LogP contribution in [0.3, 0.4) is 0 Å². The minimum absolute atomic E-state index is 0.0859. The van der Waals surface area contributed by atoms with Crippen molar-refractivity contribution in [2.75, 3.05) is 7.11 Å². The zero-order valence-electron chi connectivity index (χ0n) is 17.4. The number of aromatic nitrogens is 4. The number of ether oxygens (including phenoxy) is 2. The molecule has 0 N–H and O–H groups in total. The molecule has 164 valence electrons. The van der Waals surface area contributed by atoms with Crippen molar-refractivity contribution in [2.24, 2.45) is 0 Å². The summed E-state index contributed by atoms with van der Waals surface area (Å²) in [6, 6.07) is 18.0. The summed E-state index contributed by atoms with van der Waals surface area (Å²) in [5, 5.41) is 22.5. The lowest BCUT2D eigenvalue weighted by Crippen LogP contribution is -1.99. The average molecular weight is 443 g/mol. The van der Waals surface area contributed by atoms with Gasteiger partial charge in [-0.1, -0.05) is 24.3 Å². The topological polar surface area (TPSA) is 122 Å². The van der Waals surface area contributed by atoms with Crippen LogP contribution in [0.4, 0.5) is 5.69 Å². The van der Waals surface area contributed by atoms with Gasteiger partial charge in [0.25, 0.3) is 0 Å². The van der Waals surface area contributed by atoms with Crippen LogP contribution in [0.15, 0.2) is 79.1 Å². The van der Waals surface area contributed by atoms with Crippen LogP contribution in [0.25, 0.3) is 11.8 Å². The van der Waals surface area contributed by atoms with Crippen molar-refractivity contribution in [2.45, 2.75) is 0 Å². The number of hydrogen-bond donors (Lipinski definition) is 0. The van der Waals surface area contributed by atoms with E-state index >= 15 is 0 Å². The molecule has 0 unspecified atom stereocenters. The zero-order chi connectivity index (χ0) is 23.2. The second kappa shape index (κ2) is 9.52. The number of ketones is 1. The molecule has 0 amide bonds. The van der Waals surface area contributed by atoms with Gasteiger partial charge < -0.3 is 9.47 Å². The Hall–Kier alpha value is -4.86. The highest BCUT2D eigenvalue weighted by molar-refractivity contribution is 6.07. The van der Waals surface area contributed by atoms with Gasteiger partial charge in [0.2, 0.25) is 5.75 Å². The number of benzene rings is 3. The van der Waals surface area contributed by atoms with Gasteiger partial charge in [0.1, 0.15) is 17.8 Å². The Morgan fingerprint density at radius 2 is 1.85 bits per heavy atom. The molecule has 3 aromatic carbocycles. The van der Waals surface area contributed by atoms with Crippen molar-refractivity contribution in [1.82, 2.24) is 20.2 Å². The van der Waals surface area contributed by atoms with E-state index in [1.54, 1.807) is 61.7 Å². The van der Waals surface area contributed by atoms with Crippen LogP contribution in [0.2, 0.25) is 0 Å². The monoisotopic (exact) mass is 443 g/mol. The van der Waals surface area contributed by atoms with Gasteiger partial charge in [0, 0.05) is 11.6 Å². The van der Waals surface area contributed by atoms with Gasteiger partial charge >= 0.3 is 5.69 Å². The number of nitro groups is 1. The minimum Gasteiger partial charge on any atom is -0.497 e. The summed E-state index contributed by atoms with van der Waals surface area (Å²) < 4.78 is 12.2. The Bertz CT molecular complexity index is 1320. The molecule has 0 aliphatic rings. The molecule has 4 rings (SSSR count). The predicted octanol–water partition coefficient (Wildman–Crippen LogP) is 4.27. The summed E-state index contributed by atoms with van der Waals surface area (Å²) in [5.41, 5.74) is 1.32. The molecule has 0 saturated heterocycles. The first-order valence-electron chi connectivity index (χ1n) is 9.69. The van der Waals surface area contributed by atoms with Crippen molar-refractivity contribution in [3.05, 3.63) is 100 Å². The van der Waals surface area contributed by atoms with E-state index in [-0.39, 0.29) is 17.2 Å². The van der Waals surface area contributed by atoms with Gasteiger partial charge in [-0.3, -0.25) is 14.9 Å². The lowest BCUT2D eigenvalue weighted by Gasteiger charge is -2.08. The van der Waals surface area contributed by atoms with Gasteiger partial charge in [-0.15, -0.1) is 5.10 Å². The van der Waals surface area contributed by atoms with Crippen LogP contribution in [0.1, 0.15) is 15.9 Å². The van der Waals surface area contributed by atoms with E-state index in [1.807, 2.05) is 0 Å².